The molecule has 0 radical (unpaired) electrons. The van der Waals surface area contributed by atoms with Gasteiger partial charge >= 0.3 is 0 Å². The average Bonchev–Trinajstić information content (AvgIpc) is 3.25. The minimum atomic E-state index is -3.77. The molecule has 0 fully saturated rings. The van der Waals surface area contributed by atoms with Crippen LogP contribution in [-0.2, 0) is 22.0 Å². The zero-order valence-electron chi connectivity index (χ0n) is 21.2. The summed E-state index contributed by atoms with van der Waals surface area (Å²) in [5, 5.41) is 10.3. The van der Waals surface area contributed by atoms with E-state index in [-0.39, 0.29) is 28.5 Å². The third-order valence-electron chi connectivity index (χ3n) is 8.64. The van der Waals surface area contributed by atoms with Gasteiger partial charge in [-0.1, -0.05) is 24.3 Å². The summed E-state index contributed by atoms with van der Waals surface area (Å²) >= 11 is 0. The number of fused-ring (bicyclic) bond motifs is 1. The number of carbonyl (C=O) groups excluding carboxylic acids is 1. The maximum atomic E-state index is 12.9. The van der Waals surface area contributed by atoms with Crippen molar-refractivity contribution in [1.29, 1.82) is 0 Å². The molecule has 4 atom stereocenters. The summed E-state index contributed by atoms with van der Waals surface area (Å²) < 4.78 is 39.6. The number of sulfonamides is 1. The molecule has 37 heavy (non-hydrogen) atoms. The summed E-state index contributed by atoms with van der Waals surface area (Å²) in [6.07, 6.45) is 6.26. The highest BCUT2D eigenvalue weighted by Gasteiger charge is 2.54. The average molecular weight is 526 g/mol. The van der Waals surface area contributed by atoms with Crippen LogP contribution in [0, 0.1) is 0 Å². The first-order valence-corrected chi connectivity index (χ1v) is 14.4. The number of unbranched alkanes of at least 4 members (excludes halogenated alkanes) is 1. The van der Waals surface area contributed by atoms with Crippen molar-refractivity contribution in [3.8, 4) is 11.5 Å². The number of aliphatic hydroxyl groups is 1. The Morgan fingerprint density at radius 2 is 2.03 bits per heavy atom. The van der Waals surface area contributed by atoms with E-state index in [0.29, 0.717) is 12.8 Å². The molecule has 3 aliphatic heterocycles. The standard InChI is InChI=1S/C28H33N2O6S/c1-30(15-6-5-14-29-27(32)21-7-3-4-8-23(21)37(29,33)34)16-13-28-12-11-20(31)17-24(28)36-26-22(35-2)10-9-19(18-30)25(26)28/h3-4,7-12,20,24,31H,5-6,13-18H2,1-2H3/q+1/t20-,24-,28-,30+/m0/s1. The van der Waals surface area contributed by atoms with Crippen molar-refractivity contribution in [1.82, 2.24) is 4.31 Å². The lowest BCUT2D eigenvalue weighted by Crippen LogP contribution is -2.47. The van der Waals surface area contributed by atoms with Gasteiger partial charge in [-0.25, -0.2) is 12.7 Å². The molecular weight excluding hydrogens is 492 g/mol. The largest absolute Gasteiger partial charge is 0.493 e. The van der Waals surface area contributed by atoms with Gasteiger partial charge in [-0.15, -0.1) is 0 Å². The predicted molar refractivity (Wildman–Crippen MR) is 137 cm³/mol. The van der Waals surface area contributed by atoms with Crippen LogP contribution in [0.25, 0.3) is 0 Å². The van der Waals surface area contributed by atoms with E-state index in [9.17, 15) is 18.3 Å². The normalized spacial score (nSPS) is 30.8. The van der Waals surface area contributed by atoms with Crippen LogP contribution in [-0.4, -0.2) is 74.2 Å². The van der Waals surface area contributed by atoms with E-state index in [2.05, 4.69) is 19.2 Å². The van der Waals surface area contributed by atoms with Gasteiger partial charge in [0.25, 0.3) is 15.9 Å². The number of nitrogens with zero attached hydrogens (tertiary/aromatic N) is 2. The topological polar surface area (TPSA) is 93.1 Å². The van der Waals surface area contributed by atoms with Crippen molar-refractivity contribution in [2.45, 2.75) is 54.7 Å². The number of hydrogen-bond acceptors (Lipinski definition) is 6. The van der Waals surface area contributed by atoms with E-state index >= 15 is 0 Å². The zero-order valence-corrected chi connectivity index (χ0v) is 22.0. The Hall–Kier alpha value is -2.88. The van der Waals surface area contributed by atoms with Gasteiger partial charge in [-0.05, 0) is 37.1 Å². The summed E-state index contributed by atoms with van der Waals surface area (Å²) in [6, 6.07) is 10.5. The number of hydrogen-bond donors (Lipinski definition) is 1. The molecule has 2 aromatic carbocycles. The van der Waals surface area contributed by atoms with E-state index in [4.69, 9.17) is 9.47 Å². The van der Waals surface area contributed by atoms with E-state index in [1.807, 2.05) is 12.1 Å². The smallest absolute Gasteiger partial charge is 0.269 e. The number of ether oxygens (including phenoxy) is 2. The van der Waals surface area contributed by atoms with E-state index in [1.165, 1.54) is 17.2 Å². The second-order valence-electron chi connectivity index (χ2n) is 11.0. The second kappa shape index (κ2) is 8.58. The highest BCUT2D eigenvalue weighted by molar-refractivity contribution is 7.90. The Labute approximate surface area is 217 Å². The highest BCUT2D eigenvalue weighted by atomic mass is 32.2. The molecule has 9 heteroatoms. The molecule has 8 nitrogen and oxygen atoms in total. The first-order valence-electron chi connectivity index (χ1n) is 12.9. The number of benzene rings is 2. The molecule has 0 bridgehead atoms. The fourth-order valence-electron chi connectivity index (χ4n) is 6.67. The first kappa shape index (κ1) is 24.5. The molecular formula is C28H33N2O6S+. The van der Waals surface area contributed by atoms with Gasteiger partial charge in [0.05, 0.1) is 44.3 Å². The molecule has 1 N–H and O–H groups in total. The van der Waals surface area contributed by atoms with Crippen LogP contribution in [0.5, 0.6) is 11.5 Å². The lowest BCUT2D eigenvalue weighted by Gasteiger charge is -2.37. The molecule has 3 heterocycles. The Bertz CT molecular complexity index is 1410. The lowest BCUT2D eigenvalue weighted by atomic mass is 9.69. The molecule has 1 spiro atoms. The number of methoxy groups -OCH3 is 1. The Morgan fingerprint density at radius 1 is 1.22 bits per heavy atom. The van der Waals surface area contributed by atoms with Gasteiger partial charge in [0.2, 0.25) is 0 Å². The van der Waals surface area contributed by atoms with E-state index in [0.717, 1.165) is 52.8 Å². The van der Waals surface area contributed by atoms with Crippen LogP contribution in [0.1, 0.15) is 47.2 Å². The summed E-state index contributed by atoms with van der Waals surface area (Å²) in [4.78, 5) is 12.8. The minimum absolute atomic E-state index is 0.108. The molecule has 6 rings (SSSR count). The molecule has 0 saturated carbocycles. The summed E-state index contributed by atoms with van der Waals surface area (Å²) in [5.74, 6) is 1.10. The maximum absolute atomic E-state index is 12.9. The number of amides is 1. The fourth-order valence-corrected chi connectivity index (χ4v) is 8.28. The van der Waals surface area contributed by atoms with Crippen LogP contribution in [0.2, 0.25) is 0 Å². The molecule has 196 valence electrons. The minimum Gasteiger partial charge on any atom is -0.493 e. The summed E-state index contributed by atoms with van der Waals surface area (Å²) in [5.41, 5.74) is 2.40. The van der Waals surface area contributed by atoms with Gasteiger partial charge in [0, 0.05) is 30.5 Å². The number of quaternary nitrogens is 1. The van der Waals surface area contributed by atoms with E-state index in [1.54, 1.807) is 25.3 Å². The van der Waals surface area contributed by atoms with E-state index < -0.39 is 22.0 Å². The van der Waals surface area contributed by atoms with Crippen molar-refractivity contribution < 1.29 is 32.3 Å². The number of carbonyl (C=O) groups is 1. The quantitative estimate of drug-likeness (QED) is 0.354. The SMILES string of the molecule is COc1ccc2c3c1O[C@H]1C[C@@H](O)C=C[C@@]31CC[N@@+](C)(CCCCN1C(=O)c3ccccc3S1(=O)=O)C2. The molecule has 0 unspecified atom stereocenters. The third kappa shape index (κ3) is 3.70. The summed E-state index contributed by atoms with van der Waals surface area (Å²) in [6.45, 7) is 2.80. The van der Waals surface area contributed by atoms with Crippen LogP contribution in [0.3, 0.4) is 0 Å². The van der Waals surface area contributed by atoms with Gasteiger partial charge in [-0.3, -0.25) is 4.79 Å². The van der Waals surface area contributed by atoms with Gasteiger partial charge < -0.3 is 19.1 Å². The molecule has 4 aliphatic rings. The van der Waals surface area contributed by atoms with Crippen molar-refractivity contribution in [3.63, 3.8) is 0 Å². The molecule has 1 aliphatic carbocycles. The molecule has 0 aromatic heterocycles. The highest BCUT2D eigenvalue weighted by Crippen LogP contribution is 2.56. The predicted octanol–water partition coefficient (Wildman–Crippen LogP) is 2.99. The fraction of sp³-hybridized carbons (Fsp3) is 0.464. The van der Waals surface area contributed by atoms with Gasteiger partial charge in [0.1, 0.15) is 17.5 Å². The van der Waals surface area contributed by atoms with Crippen molar-refractivity contribution in [3.05, 3.63) is 65.2 Å². The van der Waals surface area contributed by atoms with Gasteiger partial charge in [0.15, 0.2) is 11.5 Å². The second-order valence-corrected chi connectivity index (χ2v) is 12.8. The summed E-state index contributed by atoms with van der Waals surface area (Å²) in [7, 11) is 0.137. The molecule has 1 amide bonds. The van der Waals surface area contributed by atoms with Crippen LogP contribution < -0.4 is 9.47 Å². The molecule has 0 saturated heterocycles. The lowest BCUT2D eigenvalue weighted by molar-refractivity contribution is -0.922. The first-order chi connectivity index (χ1) is 17.7. The molecule has 2 aromatic rings. The number of aliphatic hydroxyl groups excluding tert-OH is 1. The van der Waals surface area contributed by atoms with Crippen LogP contribution >= 0.6 is 0 Å². The van der Waals surface area contributed by atoms with Crippen LogP contribution in [0.4, 0.5) is 0 Å². The van der Waals surface area contributed by atoms with Crippen molar-refractivity contribution >= 4 is 15.9 Å². The Kier molecular flexibility index (Phi) is 5.67. The number of rotatable bonds is 6. The Morgan fingerprint density at radius 3 is 2.81 bits per heavy atom. The van der Waals surface area contributed by atoms with Crippen molar-refractivity contribution in [2.24, 2.45) is 0 Å². The van der Waals surface area contributed by atoms with Crippen molar-refractivity contribution in [2.75, 3.05) is 33.8 Å². The van der Waals surface area contributed by atoms with Crippen LogP contribution in [0.15, 0.2) is 53.4 Å². The zero-order chi connectivity index (χ0) is 26.0. The maximum Gasteiger partial charge on any atom is 0.269 e. The monoisotopic (exact) mass is 525 g/mol. The Balaban J connectivity index is 1.19. The third-order valence-corrected chi connectivity index (χ3v) is 10.5. The van der Waals surface area contributed by atoms with Gasteiger partial charge in [-0.2, -0.15) is 0 Å².